The number of amides is 1. The lowest BCUT2D eigenvalue weighted by Gasteiger charge is -2.29. The van der Waals surface area contributed by atoms with Gasteiger partial charge in [-0.2, -0.15) is 13.2 Å². The molecule has 1 amide bonds. The Morgan fingerprint density at radius 3 is 2.32 bits per heavy atom. The first-order valence-electron chi connectivity index (χ1n) is 9.32. The van der Waals surface area contributed by atoms with E-state index in [0.717, 1.165) is 12.3 Å². The molecule has 0 saturated carbocycles. The summed E-state index contributed by atoms with van der Waals surface area (Å²) in [6.45, 7) is 9.95. The lowest BCUT2D eigenvalue weighted by Crippen LogP contribution is -2.54. The van der Waals surface area contributed by atoms with Gasteiger partial charge in [-0.05, 0) is 40.7 Å². The first kappa shape index (κ1) is 28.9. The molecule has 178 valence electrons. The number of alkyl halides is 3. The molecule has 0 spiro atoms. The number of hydrogen-bond acceptors (Lipinski definition) is 6. The molecule has 31 heavy (non-hydrogen) atoms. The lowest BCUT2D eigenvalue weighted by atomic mass is 10.1. The van der Waals surface area contributed by atoms with Crippen LogP contribution in [0.5, 0.6) is 0 Å². The fourth-order valence-electron chi connectivity index (χ4n) is 2.11. The summed E-state index contributed by atoms with van der Waals surface area (Å²) in [5, 5.41) is 11.6. The van der Waals surface area contributed by atoms with Crippen LogP contribution in [0.1, 0.15) is 40.3 Å². The second kappa shape index (κ2) is 12.1. The van der Waals surface area contributed by atoms with Gasteiger partial charge in [0, 0.05) is 32.9 Å². The fraction of sp³-hybridized carbons (Fsp3) is 0.667. The Bertz CT molecular complexity index is 738. The molecule has 0 unspecified atom stereocenters. The molecule has 1 aromatic rings. The Morgan fingerprint density at radius 2 is 1.77 bits per heavy atom. The van der Waals surface area contributed by atoms with Crippen molar-refractivity contribution in [1.29, 1.82) is 0 Å². The average Bonchev–Trinajstić information content (AvgIpc) is 2.58. The van der Waals surface area contributed by atoms with Crippen molar-refractivity contribution in [3.63, 3.8) is 0 Å². The number of nitrogens with zero attached hydrogens (tertiary/aromatic N) is 3. The largest absolute Gasteiger partial charge is 0.444 e. The van der Waals surface area contributed by atoms with Crippen molar-refractivity contribution >= 4 is 42.0 Å². The van der Waals surface area contributed by atoms with Crippen LogP contribution in [0.4, 0.5) is 23.9 Å². The van der Waals surface area contributed by atoms with Crippen LogP contribution in [0.25, 0.3) is 0 Å². The molecule has 0 aliphatic heterocycles. The number of guanidine groups is 1. The van der Waals surface area contributed by atoms with Crippen molar-refractivity contribution in [2.45, 2.75) is 51.9 Å². The quantitative estimate of drug-likeness (QED) is 0.175. The predicted octanol–water partition coefficient (Wildman–Crippen LogP) is 2.99. The Labute approximate surface area is 197 Å². The predicted molar refractivity (Wildman–Crippen MR) is 124 cm³/mol. The number of ether oxygens (including phenoxy) is 1. The Morgan fingerprint density at radius 1 is 1.13 bits per heavy atom. The van der Waals surface area contributed by atoms with E-state index in [9.17, 15) is 18.0 Å². The van der Waals surface area contributed by atoms with Gasteiger partial charge in [0.1, 0.15) is 11.3 Å². The number of rotatable bonds is 7. The van der Waals surface area contributed by atoms with Gasteiger partial charge < -0.3 is 26.0 Å². The maximum atomic E-state index is 12.7. The zero-order valence-corrected chi connectivity index (χ0v) is 20.8. The van der Waals surface area contributed by atoms with E-state index in [1.165, 1.54) is 0 Å². The van der Waals surface area contributed by atoms with Gasteiger partial charge in [-0.1, -0.05) is 0 Å². The van der Waals surface area contributed by atoms with E-state index in [1.54, 1.807) is 27.8 Å². The van der Waals surface area contributed by atoms with Crippen LogP contribution in [0.2, 0.25) is 0 Å². The van der Waals surface area contributed by atoms with Crippen molar-refractivity contribution < 1.29 is 22.7 Å². The summed E-state index contributed by atoms with van der Waals surface area (Å²) in [5.74, 6) is 0.345. The highest BCUT2D eigenvalue weighted by Gasteiger charge is 2.32. The number of aromatic nitrogens is 2. The maximum Gasteiger partial charge on any atom is 0.433 e. The first-order chi connectivity index (χ1) is 13.7. The van der Waals surface area contributed by atoms with Crippen LogP contribution in [-0.2, 0) is 10.9 Å². The molecule has 0 aliphatic rings. The number of halogens is 4. The molecule has 1 rings (SSSR count). The van der Waals surface area contributed by atoms with Crippen molar-refractivity contribution in [3.05, 3.63) is 18.0 Å². The second-order valence-corrected chi connectivity index (χ2v) is 8.05. The van der Waals surface area contributed by atoms with Gasteiger partial charge in [-0.3, -0.25) is 4.99 Å². The second-order valence-electron chi connectivity index (χ2n) is 8.05. The van der Waals surface area contributed by atoms with Crippen LogP contribution in [0.3, 0.4) is 0 Å². The molecule has 0 saturated heterocycles. The molecule has 1 aromatic heterocycles. The van der Waals surface area contributed by atoms with E-state index >= 15 is 0 Å². The minimum Gasteiger partial charge on any atom is -0.444 e. The highest BCUT2D eigenvalue weighted by molar-refractivity contribution is 14.0. The number of hydrogen-bond donors (Lipinski definition) is 4. The normalized spacial score (nSPS) is 12.5. The average molecular weight is 561 g/mol. The number of nitrogens with one attached hydrogen (secondary N) is 4. The third-order valence-electron chi connectivity index (χ3n) is 3.41. The van der Waals surface area contributed by atoms with Crippen LogP contribution in [-0.4, -0.2) is 59.8 Å². The summed E-state index contributed by atoms with van der Waals surface area (Å²) in [7, 11) is 1.58. The third-order valence-corrected chi connectivity index (χ3v) is 3.41. The number of anilines is 1. The zero-order chi connectivity index (χ0) is 23.0. The summed E-state index contributed by atoms with van der Waals surface area (Å²) < 4.78 is 43.2. The van der Waals surface area contributed by atoms with Crippen LogP contribution in [0.15, 0.2) is 17.3 Å². The topological polar surface area (TPSA) is 113 Å². The van der Waals surface area contributed by atoms with E-state index in [4.69, 9.17) is 4.74 Å². The zero-order valence-electron chi connectivity index (χ0n) is 18.5. The maximum absolute atomic E-state index is 12.7. The molecule has 0 aromatic carbocycles. The van der Waals surface area contributed by atoms with E-state index in [1.807, 2.05) is 13.8 Å². The molecule has 0 fully saturated rings. The molecular weight excluding hydrogens is 530 g/mol. The smallest absolute Gasteiger partial charge is 0.433 e. The lowest BCUT2D eigenvalue weighted by molar-refractivity contribution is -0.141. The van der Waals surface area contributed by atoms with Gasteiger partial charge in [-0.25, -0.2) is 14.8 Å². The van der Waals surface area contributed by atoms with Gasteiger partial charge in [0.15, 0.2) is 5.96 Å². The van der Waals surface area contributed by atoms with Crippen LogP contribution >= 0.6 is 24.0 Å². The highest BCUT2D eigenvalue weighted by Crippen LogP contribution is 2.27. The van der Waals surface area contributed by atoms with Crippen LogP contribution < -0.4 is 21.3 Å². The molecule has 9 nitrogen and oxygen atoms in total. The van der Waals surface area contributed by atoms with E-state index in [2.05, 4.69) is 36.2 Å². The minimum absolute atomic E-state index is 0. The summed E-state index contributed by atoms with van der Waals surface area (Å²) in [5.41, 5.74) is -2.23. The monoisotopic (exact) mass is 561 g/mol. The first-order valence-corrected chi connectivity index (χ1v) is 9.32. The Kier molecular flexibility index (Phi) is 11.3. The molecule has 4 N–H and O–H groups in total. The van der Waals surface area contributed by atoms with Gasteiger partial charge >= 0.3 is 12.3 Å². The van der Waals surface area contributed by atoms with Gasteiger partial charge in [0.05, 0.1) is 5.54 Å². The molecule has 0 radical (unpaired) electrons. The van der Waals surface area contributed by atoms with Crippen molar-refractivity contribution in [1.82, 2.24) is 25.9 Å². The number of carbonyl (C=O) groups excluding carboxylic acids is 1. The Balaban J connectivity index is 0.00000900. The fourth-order valence-corrected chi connectivity index (χ4v) is 2.11. The number of alkyl carbamates (subject to hydrolysis) is 1. The number of aliphatic imine (C=N–C) groups is 1. The number of carbonyl (C=O) groups is 1. The van der Waals surface area contributed by atoms with Crippen molar-refractivity contribution in [2.75, 3.05) is 32.0 Å². The summed E-state index contributed by atoms with van der Waals surface area (Å²) in [6, 6.07) is 0.808. The van der Waals surface area contributed by atoms with Gasteiger partial charge in [-0.15, -0.1) is 24.0 Å². The van der Waals surface area contributed by atoms with Gasteiger partial charge in [0.2, 0.25) is 5.95 Å². The summed E-state index contributed by atoms with van der Waals surface area (Å²) >= 11 is 0. The molecule has 0 bridgehead atoms. The van der Waals surface area contributed by atoms with E-state index in [0.29, 0.717) is 19.0 Å². The summed E-state index contributed by atoms with van der Waals surface area (Å²) in [4.78, 5) is 23.2. The molecule has 1 heterocycles. The molecule has 13 heteroatoms. The SMILES string of the molecule is CN=C(NCCNc1nccc(C(F)(F)F)n1)NCC(C)(C)NC(=O)OC(C)(C)C.I. The Hall–Kier alpha value is -2.06. The molecule has 0 atom stereocenters. The molecular formula is C18H31F3IN7O2. The standard InChI is InChI=1S/C18H30F3N7O2.HI/c1-16(2,3)30-15(29)28-17(4,5)11-26-13(22-6)24-9-10-25-14-23-8-7-12(27-14)18(19,20)21;/h7-8H,9-11H2,1-6H3,(H,28,29)(H2,22,24,26)(H,23,25,27);1H. The minimum atomic E-state index is -4.52. The van der Waals surface area contributed by atoms with Crippen molar-refractivity contribution in [2.24, 2.45) is 4.99 Å². The summed E-state index contributed by atoms with van der Waals surface area (Å²) in [6.07, 6.45) is -4.00. The van der Waals surface area contributed by atoms with E-state index in [-0.39, 0.29) is 36.5 Å². The van der Waals surface area contributed by atoms with E-state index < -0.39 is 29.1 Å². The van der Waals surface area contributed by atoms with Crippen molar-refractivity contribution in [3.8, 4) is 0 Å². The molecule has 0 aliphatic carbocycles. The third kappa shape index (κ3) is 12.4. The van der Waals surface area contributed by atoms with Gasteiger partial charge in [0.25, 0.3) is 0 Å². The highest BCUT2D eigenvalue weighted by atomic mass is 127. The van der Waals surface area contributed by atoms with Crippen LogP contribution in [0, 0.1) is 0 Å².